The van der Waals surface area contributed by atoms with Gasteiger partial charge in [0, 0.05) is 10.2 Å². The van der Waals surface area contributed by atoms with E-state index in [9.17, 15) is 4.79 Å². The van der Waals surface area contributed by atoms with E-state index in [1.54, 1.807) is 24.3 Å². The van der Waals surface area contributed by atoms with E-state index in [1.807, 2.05) is 25.1 Å². The van der Waals surface area contributed by atoms with E-state index < -0.39 is 0 Å². The maximum atomic E-state index is 11.8. The number of nitrogen functional groups attached to an aromatic ring is 1. The third-order valence-corrected chi connectivity index (χ3v) is 3.34. The van der Waals surface area contributed by atoms with Gasteiger partial charge in [-0.2, -0.15) is 0 Å². The fraction of sp³-hybridized carbons (Fsp3) is 0.133. The van der Waals surface area contributed by atoms with Crippen LogP contribution >= 0.6 is 15.9 Å². The Balaban J connectivity index is 1.92. The smallest absolute Gasteiger partial charge is 0.262 e. The minimum Gasteiger partial charge on any atom is -0.484 e. The van der Waals surface area contributed by atoms with Crippen molar-refractivity contribution in [3.8, 4) is 5.75 Å². The number of carbonyl (C=O) groups excluding carboxylic acids is 1. The van der Waals surface area contributed by atoms with Crippen molar-refractivity contribution in [3.05, 3.63) is 52.5 Å². The molecule has 0 unspecified atom stereocenters. The van der Waals surface area contributed by atoms with Gasteiger partial charge in [-0.05, 0) is 64.8 Å². The Hall–Kier alpha value is -2.01. The summed E-state index contributed by atoms with van der Waals surface area (Å²) in [5.41, 5.74) is 8.04. The second-order valence-electron chi connectivity index (χ2n) is 4.39. The van der Waals surface area contributed by atoms with E-state index in [0.29, 0.717) is 11.4 Å². The summed E-state index contributed by atoms with van der Waals surface area (Å²) in [6, 6.07) is 12.7. The van der Waals surface area contributed by atoms with Crippen LogP contribution in [0.2, 0.25) is 0 Å². The molecule has 0 saturated carbocycles. The molecule has 0 atom stereocenters. The molecule has 0 aliphatic rings. The molecule has 3 N–H and O–H groups in total. The molecule has 2 rings (SSSR count). The van der Waals surface area contributed by atoms with Crippen molar-refractivity contribution in [1.82, 2.24) is 0 Å². The number of carbonyl (C=O) groups is 1. The first kappa shape index (κ1) is 14.4. The number of nitrogens with two attached hydrogens (primary N) is 1. The molecule has 1 amide bonds. The van der Waals surface area contributed by atoms with Crippen LogP contribution in [0.15, 0.2) is 46.9 Å². The maximum Gasteiger partial charge on any atom is 0.262 e. The highest BCUT2D eigenvalue weighted by Gasteiger charge is 2.06. The Kier molecular flexibility index (Phi) is 4.63. The van der Waals surface area contributed by atoms with Gasteiger partial charge in [-0.3, -0.25) is 4.79 Å². The molecular formula is C15H15BrN2O2. The van der Waals surface area contributed by atoms with Crippen molar-refractivity contribution in [1.29, 1.82) is 0 Å². The molecule has 5 heteroatoms. The van der Waals surface area contributed by atoms with Crippen LogP contribution in [0.25, 0.3) is 0 Å². The van der Waals surface area contributed by atoms with Crippen LogP contribution in [0.5, 0.6) is 5.75 Å². The first-order valence-corrected chi connectivity index (χ1v) is 6.88. The van der Waals surface area contributed by atoms with Crippen molar-refractivity contribution in [2.24, 2.45) is 0 Å². The quantitative estimate of drug-likeness (QED) is 0.842. The number of anilines is 2. The summed E-state index contributed by atoms with van der Waals surface area (Å²) in [7, 11) is 0. The number of benzene rings is 2. The number of ether oxygens (including phenoxy) is 1. The Bertz CT molecular complexity index is 612. The highest BCUT2D eigenvalue weighted by atomic mass is 79.9. The van der Waals surface area contributed by atoms with Crippen LogP contribution in [0.1, 0.15) is 5.56 Å². The lowest BCUT2D eigenvalue weighted by atomic mass is 10.2. The second-order valence-corrected chi connectivity index (χ2v) is 5.24. The average molecular weight is 335 g/mol. The third-order valence-electron chi connectivity index (χ3n) is 2.65. The predicted molar refractivity (Wildman–Crippen MR) is 83.9 cm³/mol. The first-order chi connectivity index (χ1) is 9.54. The molecule has 2 aromatic rings. The minimum absolute atomic E-state index is 0.0513. The van der Waals surface area contributed by atoms with Gasteiger partial charge in [-0.1, -0.05) is 6.07 Å². The zero-order chi connectivity index (χ0) is 14.5. The molecule has 0 aromatic heterocycles. The summed E-state index contributed by atoms with van der Waals surface area (Å²) in [5.74, 6) is 0.394. The van der Waals surface area contributed by atoms with Gasteiger partial charge < -0.3 is 15.8 Å². The van der Waals surface area contributed by atoms with Gasteiger partial charge in [0.1, 0.15) is 5.75 Å². The normalized spacial score (nSPS) is 10.1. The lowest BCUT2D eigenvalue weighted by molar-refractivity contribution is -0.118. The van der Waals surface area contributed by atoms with Crippen LogP contribution in [-0.2, 0) is 4.79 Å². The molecule has 0 bridgehead atoms. The zero-order valence-corrected chi connectivity index (χ0v) is 12.6. The SMILES string of the molecule is Cc1ccc(Br)c(NC(=O)COc2ccc(N)cc2)c1. The molecule has 2 aromatic carbocycles. The Labute approximate surface area is 126 Å². The van der Waals surface area contributed by atoms with Crippen LogP contribution in [0, 0.1) is 6.92 Å². The Morgan fingerprint density at radius 2 is 1.95 bits per heavy atom. The van der Waals surface area contributed by atoms with Gasteiger partial charge in [0.2, 0.25) is 0 Å². The number of hydrogen-bond donors (Lipinski definition) is 2. The lowest BCUT2D eigenvalue weighted by Gasteiger charge is -2.09. The summed E-state index contributed by atoms with van der Waals surface area (Å²) < 4.78 is 6.22. The van der Waals surface area contributed by atoms with Crippen molar-refractivity contribution >= 4 is 33.2 Å². The molecule has 0 saturated heterocycles. The van der Waals surface area contributed by atoms with E-state index in [0.717, 1.165) is 15.7 Å². The van der Waals surface area contributed by atoms with Crippen LogP contribution in [-0.4, -0.2) is 12.5 Å². The molecule has 104 valence electrons. The van der Waals surface area contributed by atoms with Crippen molar-refractivity contribution in [3.63, 3.8) is 0 Å². The molecular weight excluding hydrogens is 320 g/mol. The van der Waals surface area contributed by atoms with E-state index in [2.05, 4.69) is 21.2 Å². The molecule has 0 fully saturated rings. The van der Waals surface area contributed by atoms with Crippen LogP contribution in [0.4, 0.5) is 11.4 Å². The van der Waals surface area contributed by atoms with Gasteiger partial charge in [0.15, 0.2) is 6.61 Å². The largest absolute Gasteiger partial charge is 0.484 e. The second kappa shape index (κ2) is 6.43. The molecule has 0 heterocycles. The van der Waals surface area contributed by atoms with Crippen LogP contribution in [0.3, 0.4) is 0 Å². The van der Waals surface area contributed by atoms with Gasteiger partial charge >= 0.3 is 0 Å². The molecule has 0 radical (unpaired) electrons. The fourth-order valence-electron chi connectivity index (χ4n) is 1.63. The standard InChI is InChI=1S/C15H15BrN2O2/c1-10-2-7-13(16)14(8-10)18-15(19)9-20-12-5-3-11(17)4-6-12/h2-8H,9,17H2,1H3,(H,18,19). The Morgan fingerprint density at radius 1 is 1.25 bits per heavy atom. The highest BCUT2D eigenvalue weighted by Crippen LogP contribution is 2.23. The van der Waals surface area contributed by atoms with Gasteiger partial charge in [-0.15, -0.1) is 0 Å². The van der Waals surface area contributed by atoms with E-state index >= 15 is 0 Å². The topological polar surface area (TPSA) is 64.3 Å². The number of amides is 1. The summed E-state index contributed by atoms with van der Waals surface area (Å²) in [6.07, 6.45) is 0. The van der Waals surface area contributed by atoms with Crippen molar-refractivity contribution in [2.45, 2.75) is 6.92 Å². The Morgan fingerprint density at radius 3 is 2.65 bits per heavy atom. The first-order valence-electron chi connectivity index (χ1n) is 6.09. The van der Waals surface area contributed by atoms with E-state index in [-0.39, 0.29) is 12.5 Å². The number of aryl methyl sites for hydroxylation is 1. The number of nitrogens with one attached hydrogen (secondary N) is 1. The monoisotopic (exact) mass is 334 g/mol. The van der Waals surface area contributed by atoms with E-state index in [1.165, 1.54) is 0 Å². The summed E-state index contributed by atoms with van der Waals surface area (Å²) in [6.45, 7) is 1.91. The van der Waals surface area contributed by atoms with Crippen LogP contribution < -0.4 is 15.8 Å². The lowest BCUT2D eigenvalue weighted by Crippen LogP contribution is -2.20. The zero-order valence-electron chi connectivity index (χ0n) is 11.0. The highest BCUT2D eigenvalue weighted by molar-refractivity contribution is 9.10. The van der Waals surface area contributed by atoms with Gasteiger partial charge in [0.25, 0.3) is 5.91 Å². The predicted octanol–water partition coefficient (Wildman–Crippen LogP) is 3.36. The molecule has 20 heavy (non-hydrogen) atoms. The molecule has 0 aliphatic carbocycles. The maximum absolute atomic E-state index is 11.8. The summed E-state index contributed by atoms with van der Waals surface area (Å²) >= 11 is 3.39. The fourth-order valence-corrected chi connectivity index (χ4v) is 1.98. The van der Waals surface area contributed by atoms with Gasteiger partial charge in [0.05, 0.1) is 5.69 Å². The van der Waals surface area contributed by atoms with E-state index in [4.69, 9.17) is 10.5 Å². The number of rotatable bonds is 4. The number of hydrogen-bond acceptors (Lipinski definition) is 3. The minimum atomic E-state index is -0.215. The van der Waals surface area contributed by atoms with Crippen molar-refractivity contribution in [2.75, 3.05) is 17.7 Å². The van der Waals surface area contributed by atoms with Gasteiger partial charge in [-0.25, -0.2) is 0 Å². The average Bonchev–Trinajstić information content (AvgIpc) is 2.42. The summed E-state index contributed by atoms with van der Waals surface area (Å²) in [4.78, 5) is 11.8. The molecule has 4 nitrogen and oxygen atoms in total. The number of halogens is 1. The molecule has 0 spiro atoms. The third kappa shape index (κ3) is 3.99. The summed E-state index contributed by atoms with van der Waals surface area (Å²) in [5, 5.41) is 2.80. The molecule has 0 aliphatic heterocycles. The van der Waals surface area contributed by atoms with Crippen molar-refractivity contribution < 1.29 is 9.53 Å².